The number of hydrogen-bond acceptors (Lipinski definition) is 3. The Bertz CT molecular complexity index is 1350. The molecular weight excluding hydrogens is 406 g/mol. The number of esters is 1. The second-order valence-corrected chi connectivity index (χ2v) is 8.04. The van der Waals surface area contributed by atoms with Gasteiger partial charge < -0.3 is 4.74 Å². The summed E-state index contributed by atoms with van der Waals surface area (Å²) in [5.41, 5.74) is 6.00. The Labute approximate surface area is 193 Å². The van der Waals surface area contributed by atoms with Crippen LogP contribution in [0.25, 0.3) is 22.2 Å². The van der Waals surface area contributed by atoms with E-state index < -0.39 is 6.10 Å². The van der Waals surface area contributed by atoms with Gasteiger partial charge in [-0.3, -0.25) is 0 Å². The Kier molecular flexibility index (Phi) is 5.69. The van der Waals surface area contributed by atoms with Crippen LogP contribution in [0.15, 0.2) is 115 Å². The number of carbonyl (C=O) groups is 1. The van der Waals surface area contributed by atoms with E-state index in [0.29, 0.717) is 5.56 Å². The molecule has 0 aliphatic rings. The van der Waals surface area contributed by atoms with Crippen LogP contribution < -0.4 is 0 Å². The zero-order chi connectivity index (χ0) is 22.6. The van der Waals surface area contributed by atoms with Crippen molar-refractivity contribution in [3.63, 3.8) is 0 Å². The molecule has 0 atom stereocenters. The van der Waals surface area contributed by atoms with Crippen LogP contribution in [0.4, 0.5) is 0 Å². The van der Waals surface area contributed by atoms with E-state index in [4.69, 9.17) is 9.72 Å². The summed E-state index contributed by atoms with van der Waals surface area (Å²) >= 11 is 0. The van der Waals surface area contributed by atoms with Crippen molar-refractivity contribution in [1.29, 1.82) is 0 Å². The van der Waals surface area contributed by atoms with Gasteiger partial charge in [0.15, 0.2) is 6.10 Å². The van der Waals surface area contributed by atoms with Crippen molar-refractivity contribution >= 4 is 16.9 Å². The van der Waals surface area contributed by atoms with Gasteiger partial charge in [0.05, 0.1) is 16.8 Å². The number of pyridine rings is 1. The van der Waals surface area contributed by atoms with E-state index in [1.807, 2.05) is 122 Å². The highest BCUT2D eigenvalue weighted by molar-refractivity contribution is 6.04. The van der Waals surface area contributed by atoms with E-state index in [9.17, 15) is 4.79 Å². The summed E-state index contributed by atoms with van der Waals surface area (Å²) in [7, 11) is 0. The summed E-state index contributed by atoms with van der Waals surface area (Å²) in [5.74, 6) is -0.375. The third kappa shape index (κ3) is 4.39. The van der Waals surface area contributed by atoms with E-state index in [0.717, 1.165) is 33.3 Å². The molecule has 0 aliphatic heterocycles. The minimum absolute atomic E-state index is 0.375. The van der Waals surface area contributed by atoms with Gasteiger partial charge in [0.25, 0.3) is 0 Å². The largest absolute Gasteiger partial charge is 0.449 e. The van der Waals surface area contributed by atoms with Crippen molar-refractivity contribution in [2.24, 2.45) is 0 Å². The SMILES string of the molecule is Cc1ccc(-c2cc(C(=O)OC(c3ccccc3)c3ccccc3)c3ccccc3n2)cc1. The van der Waals surface area contributed by atoms with Crippen LogP contribution in [0.5, 0.6) is 0 Å². The average Bonchev–Trinajstić information content (AvgIpc) is 2.88. The lowest BCUT2D eigenvalue weighted by Crippen LogP contribution is -2.14. The molecule has 160 valence electrons. The zero-order valence-electron chi connectivity index (χ0n) is 18.3. The van der Waals surface area contributed by atoms with Crippen molar-refractivity contribution in [2.75, 3.05) is 0 Å². The number of hydrogen-bond donors (Lipinski definition) is 0. The molecule has 0 unspecified atom stereocenters. The van der Waals surface area contributed by atoms with Crippen LogP contribution >= 0.6 is 0 Å². The molecule has 0 amide bonds. The molecule has 3 nitrogen and oxygen atoms in total. The second-order valence-electron chi connectivity index (χ2n) is 8.04. The van der Waals surface area contributed by atoms with Gasteiger partial charge in [0.1, 0.15) is 0 Å². The molecule has 0 fully saturated rings. The Balaban J connectivity index is 1.59. The third-order valence-corrected chi connectivity index (χ3v) is 5.71. The molecule has 0 spiro atoms. The maximum absolute atomic E-state index is 13.6. The van der Waals surface area contributed by atoms with Gasteiger partial charge in [-0.25, -0.2) is 9.78 Å². The van der Waals surface area contributed by atoms with Crippen molar-refractivity contribution in [3.05, 3.63) is 138 Å². The minimum atomic E-state index is -0.505. The lowest BCUT2D eigenvalue weighted by molar-refractivity contribution is 0.0380. The van der Waals surface area contributed by atoms with Crippen LogP contribution in [0, 0.1) is 6.92 Å². The zero-order valence-corrected chi connectivity index (χ0v) is 18.3. The van der Waals surface area contributed by atoms with Crippen LogP contribution in [0.1, 0.15) is 33.2 Å². The predicted octanol–water partition coefficient (Wildman–Crippen LogP) is 7.16. The summed E-state index contributed by atoms with van der Waals surface area (Å²) < 4.78 is 6.16. The molecule has 1 aromatic heterocycles. The summed E-state index contributed by atoms with van der Waals surface area (Å²) in [4.78, 5) is 18.4. The standard InChI is InChI=1S/C30H23NO2/c1-21-16-18-22(19-17-21)28-20-26(25-14-8-9-15-27(25)31-28)30(32)33-29(23-10-4-2-5-11-23)24-12-6-3-7-13-24/h2-20,29H,1H3. The van der Waals surface area contributed by atoms with E-state index in [2.05, 4.69) is 0 Å². The molecule has 0 bridgehead atoms. The Hall–Kier alpha value is -4.24. The number of nitrogens with zero attached hydrogens (tertiary/aromatic N) is 1. The molecule has 3 heteroatoms. The van der Waals surface area contributed by atoms with E-state index >= 15 is 0 Å². The summed E-state index contributed by atoms with van der Waals surface area (Å²) in [6, 6.07) is 37.3. The quantitative estimate of drug-likeness (QED) is 0.278. The summed E-state index contributed by atoms with van der Waals surface area (Å²) in [6.45, 7) is 2.05. The van der Waals surface area contributed by atoms with Crippen molar-refractivity contribution in [2.45, 2.75) is 13.0 Å². The monoisotopic (exact) mass is 429 g/mol. The first-order valence-corrected chi connectivity index (χ1v) is 11.0. The van der Waals surface area contributed by atoms with Crippen LogP contribution in [-0.2, 0) is 4.74 Å². The molecule has 5 rings (SSSR count). The highest BCUT2D eigenvalue weighted by Gasteiger charge is 2.22. The lowest BCUT2D eigenvalue weighted by atomic mass is 10.0. The van der Waals surface area contributed by atoms with Gasteiger partial charge in [-0.2, -0.15) is 0 Å². The average molecular weight is 430 g/mol. The maximum atomic E-state index is 13.6. The van der Waals surface area contributed by atoms with Gasteiger partial charge in [0.2, 0.25) is 0 Å². The Morgan fingerprint density at radius 2 is 1.30 bits per heavy atom. The third-order valence-electron chi connectivity index (χ3n) is 5.71. The molecular formula is C30H23NO2. The smallest absolute Gasteiger partial charge is 0.339 e. The fraction of sp³-hybridized carbons (Fsp3) is 0.0667. The van der Waals surface area contributed by atoms with Crippen molar-refractivity contribution in [1.82, 2.24) is 4.98 Å². The van der Waals surface area contributed by atoms with Gasteiger partial charge >= 0.3 is 5.97 Å². The number of aryl methyl sites for hydroxylation is 1. The predicted molar refractivity (Wildman–Crippen MR) is 132 cm³/mol. The fourth-order valence-electron chi connectivity index (χ4n) is 3.97. The first-order chi connectivity index (χ1) is 16.2. The number of fused-ring (bicyclic) bond motifs is 1. The Morgan fingerprint density at radius 3 is 1.94 bits per heavy atom. The second kappa shape index (κ2) is 9.09. The van der Waals surface area contributed by atoms with Crippen LogP contribution in [0.2, 0.25) is 0 Å². The normalized spacial score (nSPS) is 11.0. The number of aromatic nitrogens is 1. The van der Waals surface area contributed by atoms with Crippen molar-refractivity contribution < 1.29 is 9.53 Å². The molecule has 0 N–H and O–H groups in total. The topological polar surface area (TPSA) is 39.2 Å². The molecule has 0 saturated carbocycles. The lowest BCUT2D eigenvalue weighted by Gasteiger charge is -2.20. The number of rotatable bonds is 5. The minimum Gasteiger partial charge on any atom is -0.449 e. The van der Waals surface area contributed by atoms with E-state index in [1.54, 1.807) is 0 Å². The summed E-state index contributed by atoms with van der Waals surface area (Å²) in [5, 5.41) is 0.776. The van der Waals surface area contributed by atoms with Gasteiger partial charge in [-0.05, 0) is 30.2 Å². The summed E-state index contributed by atoms with van der Waals surface area (Å²) in [6.07, 6.45) is -0.505. The van der Waals surface area contributed by atoms with Crippen LogP contribution in [-0.4, -0.2) is 11.0 Å². The molecule has 0 radical (unpaired) electrons. The highest BCUT2D eigenvalue weighted by atomic mass is 16.5. The number of para-hydroxylation sites is 1. The first-order valence-electron chi connectivity index (χ1n) is 11.0. The van der Waals surface area contributed by atoms with Crippen LogP contribution in [0.3, 0.4) is 0 Å². The maximum Gasteiger partial charge on any atom is 0.339 e. The molecule has 33 heavy (non-hydrogen) atoms. The fourth-order valence-corrected chi connectivity index (χ4v) is 3.97. The van der Waals surface area contributed by atoms with Gasteiger partial charge in [-0.15, -0.1) is 0 Å². The number of ether oxygens (including phenoxy) is 1. The van der Waals surface area contributed by atoms with Crippen molar-refractivity contribution in [3.8, 4) is 11.3 Å². The number of carbonyl (C=O) groups excluding carboxylic acids is 1. The van der Waals surface area contributed by atoms with Gasteiger partial charge in [0, 0.05) is 10.9 Å². The molecule has 4 aromatic carbocycles. The van der Waals surface area contributed by atoms with Gasteiger partial charge in [-0.1, -0.05) is 109 Å². The highest BCUT2D eigenvalue weighted by Crippen LogP contribution is 2.30. The van der Waals surface area contributed by atoms with E-state index in [1.165, 1.54) is 5.56 Å². The molecule has 5 aromatic rings. The first kappa shape index (κ1) is 20.7. The molecule has 1 heterocycles. The molecule has 0 aliphatic carbocycles. The van der Waals surface area contributed by atoms with E-state index in [-0.39, 0.29) is 5.97 Å². The number of benzene rings is 4. The Morgan fingerprint density at radius 1 is 0.727 bits per heavy atom. The molecule has 0 saturated heterocycles.